The maximum atomic E-state index is 13.4. The predicted molar refractivity (Wildman–Crippen MR) is 119 cm³/mol. The van der Waals surface area contributed by atoms with Crippen LogP contribution in [0.15, 0.2) is 78.8 Å². The van der Waals surface area contributed by atoms with Crippen molar-refractivity contribution in [1.82, 2.24) is 9.88 Å². The smallest absolute Gasteiger partial charge is 0.278 e. The Kier molecular flexibility index (Phi) is 5.80. The van der Waals surface area contributed by atoms with E-state index in [1.807, 2.05) is 36.4 Å². The van der Waals surface area contributed by atoms with Crippen molar-refractivity contribution >= 4 is 23.1 Å². The highest BCUT2D eigenvalue weighted by atomic mass is 16.5. The Bertz CT molecular complexity index is 1140. The minimum atomic E-state index is -0.373. The van der Waals surface area contributed by atoms with E-state index in [0.717, 1.165) is 17.7 Å². The third-order valence-electron chi connectivity index (χ3n) is 5.27. The van der Waals surface area contributed by atoms with Crippen LogP contribution in [0.25, 0.3) is 5.57 Å². The molecule has 0 atom stereocenters. The molecule has 0 radical (unpaired) electrons. The number of hydrogen-bond acceptors (Lipinski definition) is 5. The first-order chi connectivity index (χ1) is 15.1. The fourth-order valence-corrected chi connectivity index (χ4v) is 3.58. The van der Waals surface area contributed by atoms with Crippen molar-refractivity contribution in [3.8, 4) is 5.75 Å². The number of amides is 2. The number of anilines is 1. The van der Waals surface area contributed by atoms with Crippen LogP contribution in [0.1, 0.15) is 23.6 Å². The molecule has 0 aliphatic carbocycles. The quantitative estimate of drug-likeness (QED) is 0.592. The van der Waals surface area contributed by atoms with Crippen LogP contribution in [0.3, 0.4) is 0 Å². The van der Waals surface area contributed by atoms with Gasteiger partial charge in [0.2, 0.25) is 0 Å². The van der Waals surface area contributed by atoms with Crippen molar-refractivity contribution in [2.24, 2.45) is 0 Å². The summed E-state index contributed by atoms with van der Waals surface area (Å²) in [5.41, 5.74) is 3.88. The summed E-state index contributed by atoms with van der Waals surface area (Å²) in [7, 11) is 1.55. The van der Waals surface area contributed by atoms with Gasteiger partial charge >= 0.3 is 0 Å². The van der Waals surface area contributed by atoms with Crippen LogP contribution in [0.5, 0.6) is 5.75 Å². The van der Waals surface area contributed by atoms with Crippen LogP contribution in [0.4, 0.5) is 5.69 Å². The van der Waals surface area contributed by atoms with E-state index >= 15 is 0 Å². The standard InChI is InChI=1S/C25H23N3O3/c1-3-17-8-10-19(11-9-17)27-23-22(20-6-4-5-7-21(20)31-2)24(29)28(25(23)30)16-18-12-14-26-15-13-18/h4-15,27H,3,16H2,1-2H3. The summed E-state index contributed by atoms with van der Waals surface area (Å²) < 4.78 is 5.47. The highest BCUT2D eigenvalue weighted by molar-refractivity contribution is 6.36. The molecular formula is C25H23N3O3. The number of aryl methyl sites for hydroxylation is 1. The molecule has 3 aromatic rings. The normalized spacial score (nSPS) is 13.7. The number of nitrogens with one attached hydrogen (secondary N) is 1. The SMILES string of the molecule is CCc1ccc(NC2=C(c3ccccc3OC)C(=O)N(Cc3ccncc3)C2=O)cc1. The molecule has 2 aromatic carbocycles. The molecule has 0 spiro atoms. The van der Waals surface area contributed by atoms with E-state index in [0.29, 0.717) is 16.9 Å². The molecule has 1 aromatic heterocycles. The molecule has 2 amide bonds. The third-order valence-corrected chi connectivity index (χ3v) is 5.27. The number of carbonyl (C=O) groups excluding carboxylic acids is 2. The number of benzene rings is 2. The molecule has 0 fully saturated rings. The fourth-order valence-electron chi connectivity index (χ4n) is 3.58. The topological polar surface area (TPSA) is 71.5 Å². The summed E-state index contributed by atoms with van der Waals surface area (Å²) in [4.78, 5) is 32.0. The Morgan fingerprint density at radius 3 is 2.29 bits per heavy atom. The lowest BCUT2D eigenvalue weighted by molar-refractivity contribution is -0.137. The van der Waals surface area contributed by atoms with Gasteiger partial charge in [-0.05, 0) is 47.9 Å². The van der Waals surface area contributed by atoms with Crippen LogP contribution >= 0.6 is 0 Å². The van der Waals surface area contributed by atoms with Gasteiger partial charge in [-0.3, -0.25) is 19.5 Å². The number of para-hydroxylation sites is 1. The van der Waals surface area contributed by atoms with Crippen molar-refractivity contribution in [1.29, 1.82) is 0 Å². The van der Waals surface area contributed by atoms with Crippen LogP contribution in [0.2, 0.25) is 0 Å². The monoisotopic (exact) mass is 413 g/mol. The lowest BCUT2D eigenvalue weighted by atomic mass is 10.0. The van der Waals surface area contributed by atoms with Crippen LogP contribution in [-0.4, -0.2) is 28.8 Å². The van der Waals surface area contributed by atoms with Crippen LogP contribution in [0, 0.1) is 0 Å². The summed E-state index contributed by atoms with van der Waals surface area (Å²) in [6.07, 6.45) is 4.21. The van der Waals surface area contributed by atoms with E-state index < -0.39 is 0 Å². The zero-order valence-corrected chi connectivity index (χ0v) is 17.5. The molecule has 6 nitrogen and oxygen atoms in total. The molecule has 2 heterocycles. The number of imide groups is 1. The van der Waals surface area contributed by atoms with Gasteiger partial charge in [0.05, 0.1) is 19.2 Å². The van der Waals surface area contributed by atoms with Gasteiger partial charge in [0, 0.05) is 23.6 Å². The van der Waals surface area contributed by atoms with E-state index in [4.69, 9.17) is 4.74 Å². The Labute approximate surface area is 181 Å². The zero-order valence-electron chi connectivity index (χ0n) is 17.5. The van der Waals surface area contributed by atoms with Gasteiger partial charge in [0.1, 0.15) is 11.4 Å². The molecule has 0 saturated heterocycles. The van der Waals surface area contributed by atoms with Crippen molar-refractivity contribution in [2.45, 2.75) is 19.9 Å². The van der Waals surface area contributed by atoms with Gasteiger partial charge in [-0.2, -0.15) is 0 Å². The van der Waals surface area contributed by atoms with E-state index in [2.05, 4.69) is 17.2 Å². The number of hydrogen-bond donors (Lipinski definition) is 1. The maximum Gasteiger partial charge on any atom is 0.278 e. The first-order valence-corrected chi connectivity index (χ1v) is 10.1. The van der Waals surface area contributed by atoms with E-state index in [-0.39, 0.29) is 24.1 Å². The Morgan fingerprint density at radius 2 is 1.61 bits per heavy atom. The molecule has 1 aliphatic rings. The van der Waals surface area contributed by atoms with Gasteiger partial charge in [0.25, 0.3) is 11.8 Å². The highest BCUT2D eigenvalue weighted by Gasteiger charge is 2.40. The maximum absolute atomic E-state index is 13.4. The van der Waals surface area contributed by atoms with Gasteiger partial charge in [-0.25, -0.2) is 0 Å². The van der Waals surface area contributed by atoms with Crippen molar-refractivity contribution < 1.29 is 14.3 Å². The summed E-state index contributed by atoms with van der Waals surface area (Å²) >= 11 is 0. The minimum absolute atomic E-state index is 0.165. The molecule has 156 valence electrons. The largest absolute Gasteiger partial charge is 0.496 e. The van der Waals surface area contributed by atoms with E-state index in [9.17, 15) is 9.59 Å². The average Bonchev–Trinajstić information content (AvgIpc) is 3.04. The van der Waals surface area contributed by atoms with Crippen LogP contribution < -0.4 is 10.1 Å². The Hall–Kier alpha value is -3.93. The Balaban J connectivity index is 1.76. The van der Waals surface area contributed by atoms with Gasteiger partial charge in [-0.15, -0.1) is 0 Å². The molecule has 0 bridgehead atoms. The zero-order chi connectivity index (χ0) is 21.8. The highest BCUT2D eigenvalue weighted by Crippen LogP contribution is 2.35. The second kappa shape index (κ2) is 8.83. The number of rotatable bonds is 7. The van der Waals surface area contributed by atoms with Gasteiger partial charge in [-0.1, -0.05) is 37.3 Å². The Morgan fingerprint density at radius 1 is 0.903 bits per heavy atom. The molecular weight excluding hydrogens is 390 g/mol. The number of carbonyl (C=O) groups is 2. The van der Waals surface area contributed by atoms with Crippen molar-refractivity contribution in [2.75, 3.05) is 12.4 Å². The number of pyridine rings is 1. The molecule has 0 unspecified atom stereocenters. The van der Waals surface area contributed by atoms with Gasteiger partial charge < -0.3 is 10.1 Å². The van der Waals surface area contributed by atoms with Crippen LogP contribution in [-0.2, 0) is 22.6 Å². The first kappa shape index (κ1) is 20.3. The third kappa shape index (κ3) is 4.05. The average molecular weight is 413 g/mol. The summed E-state index contributed by atoms with van der Waals surface area (Å²) in [6, 6.07) is 18.6. The van der Waals surface area contributed by atoms with Gasteiger partial charge in [0.15, 0.2) is 0 Å². The lowest BCUT2D eigenvalue weighted by Crippen LogP contribution is -2.32. The second-order valence-electron chi connectivity index (χ2n) is 7.18. The molecule has 4 rings (SSSR count). The molecule has 0 saturated carbocycles. The van der Waals surface area contributed by atoms with Crippen molar-refractivity contribution in [3.05, 3.63) is 95.4 Å². The number of nitrogens with zero attached hydrogens (tertiary/aromatic N) is 2. The molecule has 1 N–H and O–H groups in total. The lowest BCUT2D eigenvalue weighted by Gasteiger charge is -2.15. The summed E-state index contributed by atoms with van der Waals surface area (Å²) in [5.74, 6) is -0.202. The van der Waals surface area contributed by atoms with E-state index in [1.54, 1.807) is 43.8 Å². The van der Waals surface area contributed by atoms with Crippen molar-refractivity contribution in [3.63, 3.8) is 0 Å². The second-order valence-corrected chi connectivity index (χ2v) is 7.18. The fraction of sp³-hybridized carbons (Fsp3) is 0.160. The molecule has 1 aliphatic heterocycles. The first-order valence-electron chi connectivity index (χ1n) is 10.1. The number of ether oxygens (including phenoxy) is 1. The summed E-state index contributed by atoms with van der Waals surface area (Å²) in [6.45, 7) is 2.25. The molecule has 6 heteroatoms. The molecule has 31 heavy (non-hydrogen) atoms. The minimum Gasteiger partial charge on any atom is -0.496 e. The predicted octanol–water partition coefficient (Wildman–Crippen LogP) is 4.04. The number of aromatic nitrogens is 1. The van der Waals surface area contributed by atoms with E-state index in [1.165, 1.54) is 10.5 Å². The summed E-state index contributed by atoms with van der Waals surface area (Å²) in [5, 5.41) is 3.19. The number of methoxy groups -OCH3 is 1.